The number of hydrogen-bond donors (Lipinski definition) is 2. The van der Waals surface area contributed by atoms with Gasteiger partial charge in [-0.1, -0.05) is 50.5 Å². The Morgan fingerprint density at radius 2 is 2.04 bits per heavy atom. The highest BCUT2D eigenvalue weighted by Gasteiger charge is 2.44. The van der Waals surface area contributed by atoms with E-state index in [2.05, 4.69) is 36.9 Å². The maximum atomic E-state index is 10.5. The molecule has 0 spiro atoms. The molecule has 0 aromatic heterocycles. The minimum Gasteiger partial charge on any atom is -0.481 e. The highest BCUT2D eigenvalue weighted by Crippen LogP contribution is 2.54. The van der Waals surface area contributed by atoms with Crippen molar-refractivity contribution >= 4 is 17.7 Å². The molecule has 1 aliphatic carbocycles. The average Bonchev–Trinajstić information content (AvgIpc) is 2.55. The number of allylic oxidation sites excluding steroid dienone is 3. The Labute approximate surface area is 157 Å². The minimum atomic E-state index is -0.708. The molecule has 2 unspecified atom stereocenters. The molecule has 25 heavy (non-hydrogen) atoms. The normalized spacial score (nSPS) is 29.8. The second-order valence-corrected chi connectivity index (χ2v) is 9.08. The summed E-state index contributed by atoms with van der Waals surface area (Å²) in [6.45, 7) is 2.19. The maximum absolute atomic E-state index is 10.5. The van der Waals surface area contributed by atoms with Crippen LogP contribution < -0.4 is 0 Å². The molecule has 5 atom stereocenters. The third kappa shape index (κ3) is 7.18. The van der Waals surface area contributed by atoms with Crippen molar-refractivity contribution < 1.29 is 15.0 Å². The maximum Gasteiger partial charge on any atom is 0.303 e. The van der Waals surface area contributed by atoms with E-state index in [0.29, 0.717) is 11.8 Å². The highest BCUT2D eigenvalue weighted by molar-refractivity contribution is 8.01. The molecular formula is C21H34O3S. The summed E-state index contributed by atoms with van der Waals surface area (Å²) in [6, 6.07) is 0. The number of hydrogen-bond acceptors (Lipinski definition) is 3. The number of aliphatic hydroxyl groups is 1. The van der Waals surface area contributed by atoms with E-state index in [-0.39, 0.29) is 12.5 Å². The monoisotopic (exact) mass is 366 g/mol. The van der Waals surface area contributed by atoms with Gasteiger partial charge in [0.15, 0.2) is 0 Å². The highest BCUT2D eigenvalue weighted by atomic mass is 32.2. The molecule has 3 fully saturated rings. The minimum absolute atomic E-state index is 0.259. The van der Waals surface area contributed by atoms with Crippen molar-refractivity contribution in [1.82, 2.24) is 0 Å². The Kier molecular flexibility index (Phi) is 9.11. The van der Waals surface area contributed by atoms with E-state index in [1.807, 2.05) is 6.08 Å². The molecule has 142 valence electrons. The first kappa shape index (κ1) is 20.6. The van der Waals surface area contributed by atoms with E-state index >= 15 is 0 Å². The standard InChI is InChI=1S/C21H34O3S/c1-2-3-6-9-17(22)13-12-16-14-18-15-20(25-18)19(16)10-7-4-5-8-11-21(23)24/h4,7,12-13,16-20,22H,2-3,5-6,8-11,14-15H2,1H3,(H,23,24)/b7-4+,13-12+/t16?,17-,18?,19+,20+/m0/s1. The van der Waals surface area contributed by atoms with Crippen molar-refractivity contribution in [3.05, 3.63) is 24.3 Å². The van der Waals surface area contributed by atoms with Crippen LogP contribution in [0.4, 0.5) is 0 Å². The molecule has 0 amide bonds. The smallest absolute Gasteiger partial charge is 0.303 e. The summed E-state index contributed by atoms with van der Waals surface area (Å²) in [4.78, 5) is 10.5. The lowest BCUT2D eigenvalue weighted by atomic mass is 9.75. The molecule has 3 aliphatic rings. The average molecular weight is 367 g/mol. The van der Waals surface area contributed by atoms with Gasteiger partial charge in [0.2, 0.25) is 0 Å². The largest absolute Gasteiger partial charge is 0.481 e. The summed E-state index contributed by atoms with van der Waals surface area (Å²) in [5, 5.41) is 20.4. The zero-order valence-electron chi connectivity index (χ0n) is 15.5. The second-order valence-electron chi connectivity index (χ2n) is 7.54. The number of thioether (sulfide) groups is 1. The van der Waals surface area contributed by atoms with Gasteiger partial charge in [0.05, 0.1) is 6.10 Å². The first-order chi connectivity index (χ1) is 12.1. The molecule has 3 rings (SSSR count). The van der Waals surface area contributed by atoms with Gasteiger partial charge >= 0.3 is 5.97 Å². The van der Waals surface area contributed by atoms with Crippen LogP contribution >= 0.6 is 11.8 Å². The van der Waals surface area contributed by atoms with Gasteiger partial charge in [0.1, 0.15) is 0 Å². The van der Waals surface area contributed by atoms with Gasteiger partial charge in [-0.25, -0.2) is 0 Å². The first-order valence-corrected chi connectivity index (χ1v) is 10.9. The van der Waals surface area contributed by atoms with Crippen LogP contribution in [-0.4, -0.2) is 32.8 Å². The van der Waals surface area contributed by atoms with Crippen LogP contribution in [0.3, 0.4) is 0 Å². The van der Waals surface area contributed by atoms with E-state index < -0.39 is 5.97 Å². The van der Waals surface area contributed by atoms with Crippen LogP contribution in [0.1, 0.15) is 71.1 Å². The lowest BCUT2D eigenvalue weighted by Crippen LogP contribution is -2.44. The SMILES string of the molecule is CCCCC[C@H](O)/C=C/C1CC2C[C@@H](S2)[C@@H]1C/C=C/CCCC(=O)O. The predicted octanol–water partition coefficient (Wildman–Crippen LogP) is 5.20. The van der Waals surface area contributed by atoms with Crippen LogP contribution in [0.25, 0.3) is 0 Å². The fourth-order valence-electron chi connectivity index (χ4n) is 3.94. The van der Waals surface area contributed by atoms with Gasteiger partial charge in [-0.05, 0) is 50.4 Å². The summed E-state index contributed by atoms with van der Waals surface area (Å²) in [5.41, 5.74) is 0. The molecule has 0 aromatic rings. The van der Waals surface area contributed by atoms with Crippen molar-refractivity contribution in [2.24, 2.45) is 11.8 Å². The van der Waals surface area contributed by atoms with Crippen LogP contribution in [0.2, 0.25) is 0 Å². The summed E-state index contributed by atoms with van der Waals surface area (Å²) in [7, 11) is 0. The fourth-order valence-corrected chi connectivity index (χ4v) is 5.58. The zero-order valence-corrected chi connectivity index (χ0v) is 16.3. The van der Waals surface area contributed by atoms with Crippen LogP contribution in [0.5, 0.6) is 0 Å². The van der Waals surface area contributed by atoms with Gasteiger partial charge < -0.3 is 10.2 Å². The number of unbranched alkanes of at least 4 members (excludes halogenated alkanes) is 3. The van der Waals surface area contributed by atoms with Gasteiger partial charge in [-0.3, -0.25) is 4.79 Å². The molecule has 2 saturated heterocycles. The number of fused-ring (bicyclic) bond motifs is 2. The topological polar surface area (TPSA) is 57.5 Å². The first-order valence-electron chi connectivity index (χ1n) is 9.98. The van der Waals surface area contributed by atoms with Gasteiger partial charge in [-0.15, -0.1) is 0 Å². The summed E-state index contributed by atoms with van der Waals surface area (Å²) >= 11 is 2.14. The summed E-state index contributed by atoms with van der Waals surface area (Å²) in [6.07, 6.45) is 18.4. The molecule has 2 aliphatic heterocycles. The molecule has 2 N–H and O–H groups in total. The van der Waals surface area contributed by atoms with E-state index in [0.717, 1.165) is 42.6 Å². The van der Waals surface area contributed by atoms with Crippen molar-refractivity contribution in [3.63, 3.8) is 0 Å². The van der Waals surface area contributed by atoms with Crippen LogP contribution in [0.15, 0.2) is 24.3 Å². The zero-order chi connectivity index (χ0) is 18.1. The Morgan fingerprint density at radius 3 is 2.76 bits per heavy atom. The Balaban J connectivity index is 1.76. The molecule has 2 heterocycles. The van der Waals surface area contributed by atoms with E-state index in [9.17, 15) is 9.90 Å². The van der Waals surface area contributed by atoms with Crippen LogP contribution in [0, 0.1) is 11.8 Å². The fraction of sp³-hybridized carbons (Fsp3) is 0.762. The van der Waals surface area contributed by atoms with Crippen molar-refractivity contribution in [2.45, 2.75) is 87.7 Å². The lowest BCUT2D eigenvalue weighted by Gasteiger charge is -2.49. The number of rotatable bonds is 12. The van der Waals surface area contributed by atoms with Crippen molar-refractivity contribution in [2.75, 3.05) is 0 Å². The Bertz CT molecular complexity index is 454. The number of aliphatic carboxylic acids is 1. The summed E-state index contributed by atoms with van der Waals surface area (Å²) < 4.78 is 0. The van der Waals surface area contributed by atoms with E-state index in [1.54, 1.807) is 0 Å². The number of carboxylic acid groups (broad SMARTS) is 1. The van der Waals surface area contributed by atoms with Crippen molar-refractivity contribution in [1.29, 1.82) is 0 Å². The molecule has 4 heteroatoms. The van der Waals surface area contributed by atoms with E-state index in [4.69, 9.17) is 5.11 Å². The van der Waals surface area contributed by atoms with Crippen molar-refractivity contribution in [3.8, 4) is 0 Å². The molecule has 3 nitrogen and oxygen atoms in total. The van der Waals surface area contributed by atoms with E-state index in [1.165, 1.54) is 25.7 Å². The Morgan fingerprint density at radius 1 is 1.24 bits per heavy atom. The molecular weight excluding hydrogens is 332 g/mol. The molecule has 2 bridgehead atoms. The van der Waals surface area contributed by atoms with Gasteiger partial charge in [0, 0.05) is 16.9 Å². The number of aliphatic hydroxyl groups excluding tert-OH is 1. The lowest BCUT2D eigenvalue weighted by molar-refractivity contribution is -0.137. The molecule has 0 radical (unpaired) electrons. The molecule has 1 saturated carbocycles. The van der Waals surface area contributed by atoms with Gasteiger partial charge in [-0.2, -0.15) is 11.8 Å². The quantitative estimate of drug-likeness (QED) is 0.368. The third-order valence-electron chi connectivity index (χ3n) is 5.45. The third-order valence-corrected chi connectivity index (χ3v) is 7.11. The second kappa shape index (κ2) is 11.1. The van der Waals surface area contributed by atoms with Crippen LogP contribution in [-0.2, 0) is 4.79 Å². The predicted molar refractivity (Wildman–Crippen MR) is 106 cm³/mol. The number of carboxylic acids is 1. The molecule has 0 aromatic carbocycles. The summed E-state index contributed by atoms with van der Waals surface area (Å²) in [5.74, 6) is 0.555. The number of carbonyl (C=O) groups is 1. The Hall–Kier alpha value is -0.740. The van der Waals surface area contributed by atoms with Gasteiger partial charge in [0.25, 0.3) is 0 Å².